The summed E-state index contributed by atoms with van der Waals surface area (Å²) in [7, 11) is 3.86. The maximum absolute atomic E-state index is 14.1. The summed E-state index contributed by atoms with van der Waals surface area (Å²) in [6.07, 6.45) is 0.792. The predicted molar refractivity (Wildman–Crippen MR) is 149 cm³/mol. The number of carbonyl (C=O) groups is 3. The van der Waals surface area contributed by atoms with Gasteiger partial charge >= 0.3 is 0 Å². The number of primary amides is 1. The van der Waals surface area contributed by atoms with Gasteiger partial charge in [-0.1, -0.05) is 44.2 Å². The molecule has 10 heteroatoms. The van der Waals surface area contributed by atoms with E-state index in [-0.39, 0.29) is 22.2 Å². The second kappa shape index (κ2) is 11.9. The first-order valence-corrected chi connectivity index (χ1v) is 12.8. The van der Waals surface area contributed by atoms with Crippen LogP contribution >= 0.6 is 11.5 Å². The Morgan fingerprint density at radius 1 is 1.05 bits per heavy atom. The van der Waals surface area contributed by atoms with Crippen molar-refractivity contribution in [2.24, 2.45) is 11.7 Å². The van der Waals surface area contributed by atoms with E-state index in [1.807, 2.05) is 62.3 Å². The third-order valence-electron chi connectivity index (χ3n) is 6.00. The second-order valence-corrected chi connectivity index (χ2v) is 10.2. The van der Waals surface area contributed by atoms with Gasteiger partial charge < -0.3 is 21.7 Å². The molecule has 9 nitrogen and oxygen atoms in total. The minimum absolute atomic E-state index is 0.0435. The summed E-state index contributed by atoms with van der Waals surface area (Å²) in [5.74, 6) is -1.29. The fraction of sp³-hybridized carbons (Fsp3) is 0.333. The first-order valence-electron chi connectivity index (χ1n) is 12.0. The summed E-state index contributed by atoms with van der Waals surface area (Å²) in [6.45, 7) is 6.49. The number of anilines is 3. The summed E-state index contributed by atoms with van der Waals surface area (Å²) in [4.78, 5) is 43.1. The van der Waals surface area contributed by atoms with Crippen LogP contribution in [0.25, 0.3) is 0 Å². The van der Waals surface area contributed by atoms with E-state index >= 15 is 0 Å². The molecule has 3 rings (SSSR count). The van der Waals surface area contributed by atoms with Gasteiger partial charge in [-0.2, -0.15) is 4.37 Å². The second-order valence-electron chi connectivity index (χ2n) is 9.46. The van der Waals surface area contributed by atoms with Crippen LogP contribution in [0.15, 0.2) is 48.5 Å². The molecule has 5 N–H and O–H groups in total. The number of nitrogens with zero attached hydrogens (tertiary/aromatic N) is 3. The van der Waals surface area contributed by atoms with Gasteiger partial charge in [-0.15, -0.1) is 0 Å². The van der Waals surface area contributed by atoms with Gasteiger partial charge in [0.2, 0.25) is 5.91 Å². The highest BCUT2D eigenvalue weighted by atomic mass is 32.1. The molecule has 196 valence electrons. The molecule has 37 heavy (non-hydrogen) atoms. The van der Waals surface area contributed by atoms with Crippen LogP contribution < -0.4 is 26.6 Å². The Morgan fingerprint density at radius 2 is 1.70 bits per heavy atom. The number of nitrogens with one attached hydrogen (secondary N) is 1. The van der Waals surface area contributed by atoms with Crippen LogP contribution in [0.1, 0.15) is 57.6 Å². The van der Waals surface area contributed by atoms with Crippen molar-refractivity contribution in [3.05, 3.63) is 70.2 Å². The first kappa shape index (κ1) is 27.7. The summed E-state index contributed by atoms with van der Waals surface area (Å²) in [5, 5.41) is 3.00. The Labute approximate surface area is 221 Å². The van der Waals surface area contributed by atoms with E-state index in [0.717, 1.165) is 29.2 Å². The summed E-state index contributed by atoms with van der Waals surface area (Å²) >= 11 is 0.788. The van der Waals surface area contributed by atoms with Crippen molar-refractivity contribution in [2.75, 3.05) is 36.2 Å². The number of benzene rings is 2. The normalized spacial score (nSPS) is 11.7. The van der Waals surface area contributed by atoms with E-state index in [1.54, 1.807) is 12.1 Å². The molecule has 0 bridgehead atoms. The minimum Gasteiger partial charge on any atom is -0.395 e. The molecule has 1 aromatic heterocycles. The van der Waals surface area contributed by atoms with Crippen molar-refractivity contribution in [3.8, 4) is 0 Å². The number of amides is 3. The Morgan fingerprint density at radius 3 is 2.24 bits per heavy atom. The van der Waals surface area contributed by atoms with E-state index in [4.69, 9.17) is 11.5 Å². The molecular formula is C27H34N6O3S. The lowest BCUT2D eigenvalue weighted by atomic mass is 10.0. The van der Waals surface area contributed by atoms with Crippen LogP contribution in [-0.4, -0.2) is 42.7 Å². The molecule has 0 radical (unpaired) electrons. The highest BCUT2D eigenvalue weighted by molar-refractivity contribution is 7.09. The monoisotopic (exact) mass is 522 g/mol. The van der Waals surface area contributed by atoms with Crippen molar-refractivity contribution in [1.82, 2.24) is 9.69 Å². The fourth-order valence-corrected chi connectivity index (χ4v) is 4.63. The van der Waals surface area contributed by atoms with Gasteiger partial charge in [0.1, 0.15) is 10.9 Å². The molecule has 2 aromatic carbocycles. The summed E-state index contributed by atoms with van der Waals surface area (Å²) < 4.78 is 4.00. The lowest BCUT2D eigenvalue weighted by Crippen LogP contribution is -2.44. The molecule has 0 spiro atoms. The van der Waals surface area contributed by atoms with E-state index in [1.165, 1.54) is 4.90 Å². The number of hydrogen-bond acceptors (Lipinski definition) is 7. The summed E-state index contributed by atoms with van der Waals surface area (Å²) in [6, 6.07) is 13.8. The maximum Gasteiger partial charge on any atom is 0.273 e. The molecule has 3 aromatic rings. The topological polar surface area (TPSA) is 135 Å². The number of para-hydroxylation sites is 1. The number of hydrogen-bond donors (Lipinski definition) is 3. The zero-order chi connectivity index (χ0) is 27.3. The first-order chi connectivity index (χ1) is 17.5. The SMILES string of the molecule is Cc1ccccc1N(C(=O)c1snc(C(N)=O)c1N)[C@@H](C(=O)NCCC(C)C)c1ccc(N(C)C)cc1. The fourth-order valence-electron chi connectivity index (χ4n) is 3.89. The van der Waals surface area contributed by atoms with Crippen LogP contribution in [0.4, 0.5) is 17.1 Å². The number of carbonyl (C=O) groups excluding carboxylic acids is 3. The molecule has 0 aliphatic carbocycles. The number of aromatic nitrogens is 1. The highest BCUT2D eigenvalue weighted by Crippen LogP contribution is 2.35. The predicted octanol–water partition coefficient (Wildman–Crippen LogP) is 3.75. The standard InChI is InChI=1S/C27H34N6O3S/c1-16(2)14-15-30-26(35)23(18-10-12-19(13-11-18)32(4)5)33(20-9-7-6-8-17(20)3)27(36)24-21(28)22(25(29)34)31-37-24/h6-13,16,23H,14-15,28H2,1-5H3,(H2,29,34)(H,30,35)/t23-/m1/s1. The zero-order valence-electron chi connectivity index (χ0n) is 21.8. The third-order valence-corrected chi connectivity index (χ3v) is 6.85. The number of aryl methyl sites for hydroxylation is 1. The smallest absolute Gasteiger partial charge is 0.273 e. The van der Waals surface area contributed by atoms with E-state index in [0.29, 0.717) is 23.7 Å². The Hall–Kier alpha value is -3.92. The van der Waals surface area contributed by atoms with Crippen LogP contribution in [0, 0.1) is 12.8 Å². The van der Waals surface area contributed by atoms with Crippen LogP contribution in [0.5, 0.6) is 0 Å². The van der Waals surface area contributed by atoms with Gasteiger partial charge in [0, 0.05) is 32.0 Å². The van der Waals surface area contributed by atoms with Gasteiger partial charge in [-0.05, 0) is 60.1 Å². The third kappa shape index (κ3) is 6.26. The van der Waals surface area contributed by atoms with Crippen molar-refractivity contribution in [3.63, 3.8) is 0 Å². The van der Waals surface area contributed by atoms with Gasteiger partial charge in [-0.25, -0.2) is 0 Å². The highest BCUT2D eigenvalue weighted by Gasteiger charge is 2.36. The molecule has 0 saturated carbocycles. The molecule has 1 atom stereocenters. The van der Waals surface area contributed by atoms with Gasteiger partial charge in [-0.3, -0.25) is 19.3 Å². The maximum atomic E-state index is 14.1. The Kier molecular flexibility index (Phi) is 8.88. The molecule has 0 saturated heterocycles. The average Bonchev–Trinajstić information content (AvgIpc) is 3.24. The van der Waals surface area contributed by atoms with Crippen molar-refractivity contribution in [2.45, 2.75) is 33.2 Å². The van der Waals surface area contributed by atoms with Gasteiger partial charge in [0.25, 0.3) is 11.8 Å². The lowest BCUT2D eigenvalue weighted by molar-refractivity contribution is -0.122. The molecule has 3 amide bonds. The van der Waals surface area contributed by atoms with Crippen LogP contribution in [0.3, 0.4) is 0 Å². The van der Waals surface area contributed by atoms with E-state index in [2.05, 4.69) is 23.5 Å². The number of nitrogens with two attached hydrogens (primary N) is 2. The quantitative estimate of drug-likeness (QED) is 0.371. The largest absolute Gasteiger partial charge is 0.395 e. The minimum atomic E-state index is -1.00. The van der Waals surface area contributed by atoms with E-state index < -0.39 is 17.9 Å². The summed E-state index contributed by atoms with van der Waals surface area (Å²) in [5.41, 5.74) is 14.2. The molecule has 0 aliphatic heterocycles. The lowest BCUT2D eigenvalue weighted by Gasteiger charge is -2.32. The van der Waals surface area contributed by atoms with Gasteiger partial charge in [0.05, 0.1) is 5.69 Å². The molecule has 0 fully saturated rings. The van der Waals surface area contributed by atoms with Gasteiger partial charge in [0.15, 0.2) is 5.69 Å². The average molecular weight is 523 g/mol. The van der Waals surface area contributed by atoms with Crippen LogP contribution in [0.2, 0.25) is 0 Å². The molecule has 1 heterocycles. The number of rotatable bonds is 10. The van der Waals surface area contributed by atoms with Crippen LogP contribution in [-0.2, 0) is 4.79 Å². The molecule has 0 aliphatic rings. The molecular weight excluding hydrogens is 488 g/mol. The van der Waals surface area contributed by atoms with Crippen molar-refractivity contribution < 1.29 is 14.4 Å². The van der Waals surface area contributed by atoms with Crippen molar-refractivity contribution >= 4 is 46.3 Å². The zero-order valence-corrected chi connectivity index (χ0v) is 22.6. The van der Waals surface area contributed by atoms with E-state index in [9.17, 15) is 14.4 Å². The molecule has 0 unspecified atom stereocenters. The number of nitrogen functional groups attached to an aromatic ring is 1. The van der Waals surface area contributed by atoms with Crippen molar-refractivity contribution in [1.29, 1.82) is 0 Å². The Balaban J connectivity index is 2.18. The Bertz CT molecular complexity index is 1270.